The van der Waals surface area contributed by atoms with Gasteiger partial charge < -0.3 is 14.5 Å². The molecule has 7 heteroatoms. The zero-order valence-electron chi connectivity index (χ0n) is 20.9. The largest absolute Gasteiger partial charge is 0.458 e. The Balaban J connectivity index is 1.71. The topological polar surface area (TPSA) is 84.0 Å². The summed E-state index contributed by atoms with van der Waals surface area (Å²) in [5.41, 5.74) is 1.04. The minimum atomic E-state index is -0.587. The van der Waals surface area contributed by atoms with Gasteiger partial charge in [-0.05, 0) is 49.5 Å². The van der Waals surface area contributed by atoms with Gasteiger partial charge in [-0.15, -0.1) is 0 Å². The predicted octanol–water partition coefficient (Wildman–Crippen LogP) is 3.54. The first-order chi connectivity index (χ1) is 16.1. The number of carbonyl (C=O) groups is 4. The molecule has 0 unspecified atom stereocenters. The predicted molar refractivity (Wildman–Crippen MR) is 129 cm³/mol. The molecule has 0 bridgehead atoms. The quantitative estimate of drug-likeness (QED) is 0.543. The van der Waals surface area contributed by atoms with Crippen molar-refractivity contribution in [1.29, 1.82) is 0 Å². The average Bonchev–Trinajstić information content (AvgIpc) is 3.45. The van der Waals surface area contributed by atoms with E-state index in [2.05, 4.69) is 32.9 Å². The molecule has 2 amide bonds. The lowest BCUT2D eigenvalue weighted by Gasteiger charge is -2.39. The second-order valence-corrected chi connectivity index (χ2v) is 10.6. The summed E-state index contributed by atoms with van der Waals surface area (Å²) in [6.07, 6.45) is 4.59. The number of aryl methyl sites for hydroxylation is 1. The Kier molecular flexibility index (Phi) is 8.50. The smallest absolute Gasteiger partial charge is 0.303 e. The maximum atomic E-state index is 13.7. The van der Waals surface area contributed by atoms with E-state index in [9.17, 15) is 19.2 Å². The van der Waals surface area contributed by atoms with Crippen molar-refractivity contribution >= 4 is 23.6 Å². The van der Waals surface area contributed by atoms with Crippen LogP contribution in [-0.4, -0.2) is 64.6 Å². The number of ether oxygens (including phenoxy) is 1. The number of amides is 2. The highest BCUT2D eigenvalue weighted by atomic mass is 16.5. The molecule has 1 aromatic rings. The summed E-state index contributed by atoms with van der Waals surface area (Å²) < 4.78 is 4.88. The van der Waals surface area contributed by atoms with Crippen LogP contribution in [0.4, 0.5) is 0 Å². The number of hydrogen-bond donors (Lipinski definition) is 0. The molecular formula is C27H38N2O5. The van der Waals surface area contributed by atoms with Crippen molar-refractivity contribution in [1.82, 2.24) is 9.80 Å². The highest BCUT2D eigenvalue weighted by molar-refractivity contribution is 5.94. The molecule has 0 N–H and O–H groups in total. The molecule has 186 valence electrons. The van der Waals surface area contributed by atoms with E-state index in [1.807, 2.05) is 23.1 Å². The molecule has 2 aliphatic rings. The highest BCUT2D eigenvalue weighted by Gasteiger charge is 2.48. The average molecular weight is 471 g/mol. The first kappa shape index (κ1) is 25.9. The lowest BCUT2D eigenvalue weighted by molar-refractivity contribution is -0.151. The molecule has 1 aromatic carbocycles. The summed E-state index contributed by atoms with van der Waals surface area (Å²) >= 11 is 0. The number of esters is 1. The zero-order chi connectivity index (χ0) is 24.9. The minimum Gasteiger partial charge on any atom is -0.458 e. The van der Waals surface area contributed by atoms with Gasteiger partial charge in [0.25, 0.3) is 0 Å². The highest BCUT2D eigenvalue weighted by Crippen LogP contribution is 2.38. The molecule has 3 atom stereocenters. The zero-order valence-corrected chi connectivity index (χ0v) is 20.9. The van der Waals surface area contributed by atoms with Gasteiger partial charge in [-0.25, -0.2) is 0 Å². The normalized spacial score (nSPS) is 22.6. The van der Waals surface area contributed by atoms with Crippen LogP contribution in [0.1, 0.15) is 71.8 Å². The van der Waals surface area contributed by atoms with Crippen molar-refractivity contribution in [2.45, 2.75) is 90.8 Å². The number of benzene rings is 1. The molecule has 7 nitrogen and oxygen atoms in total. The maximum absolute atomic E-state index is 13.7. The van der Waals surface area contributed by atoms with Crippen LogP contribution in [0.5, 0.6) is 0 Å². The summed E-state index contributed by atoms with van der Waals surface area (Å²) in [5, 5.41) is 0. The van der Waals surface area contributed by atoms with Gasteiger partial charge in [0.15, 0.2) is 12.4 Å². The van der Waals surface area contributed by atoms with Gasteiger partial charge in [-0.1, -0.05) is 51.1 Å². The third kappa shape index (κ3) is 6.24. The third-order valence-corrected chi connectivity index (χ3v) is 6.98. The molecule has 2 fully saturated rings. The number of rotatable bonds is 8. The number of nitrogens with zero attached hydrogens (tertiary/aromatic N) is 2. The van der Waals surface area contributed by atoms with Crippen LogP contribution in [0.15, 0.2) is 30.3 Å². The van der Waals surface area contributed by atoms with Gasteiger partial charge >= 0.3 is 5.97 Å². The Labute approximate surface area is 202 Å². The fraction of sp³-hybridized carbons (Fsp3) is 0.630. The second-order valence-electron chi connectivity index (χ2n) is 10.6. The number of carbonyl (C=O) groups excluding carboxylic acids is 4. The number of hydrogen-bond acceptors (Lipinski definition) is 5. The number of likely N-dealkylation sites (tertiary alicyclic amines) is 2. The van der Waals surface area contributed by atoms with Gasteiger partial charge in [0.2, 0.25) is 11.8 Å². The van der Waals surface area contributed by atoms with Crippen molar-refractivity contribution in [3.63, 3.8) is 0 Å². The number of ketones is 1. The monoisotopic (exact) mass is 470 g/mol. The molecule has 0 radical (unpaired) electrons. The fourth-order valence-corrected chi connectivity index (χ4v) is 5.29. The van der Waals surface area contributed by atoms with Crippen molar-refractivity contribution in [2.24, 2.45) is 5.41 Å². The molecule has 0 aromatic heterocycles. The summed E-state index contributed by atoms with van der Waals surface area (Å²) in [6, 6.07) is 8.94. The Morgan fingerprint density at radius 3 is 2.35 bits per heavy atom. The van der Waals surface area contributed by atoms with Crippen molar-refractivity contribution in [3.05, 3.63) is 35.9 Å². The number of Topliss-reactive ketones (excluding diaryl/α,β-unsaturated/α-hetero) is 1. The standard InChI is InChI=1S/C27H38N2O5/c1-19(30)34-18-23(31)21-13-9-17-28(21)26(33)22-15-16-24(27(2,3)4)29(22)25(32)14-8-12-20-10-6-5-7-11-20/h5-7,10-11,21-22,24H,8-9,12-18H2,1-4H3/t21-,22-,24+/m0/s1. The SMILES string of the molecule is CC(=O)OCC(=O)[C@@H]1CCCN1C(=O)[C@@H]1CC[C@H](C(C)(C)C)N1C(=O)CCCc1ccccc1. The van der Waals surface area contributed by atoms with E-state index in [4.69, 9.17) is 4.74 Å². The third-order valence-electron chi connectivity index (χ3n) is 6.98. The summed E-state index contributed by atoms with van der Waals surface area (Å²) in [5.74, 6) is -0.914. The van der Waals surface area contributed by atoms with E-state index < -0.39 is 18.1 Å². The van der Waals surface area contributed by atoms with Gasteiger partial charge in [0.1, 0.15) is 6.04 Å². The molecule has 2 heterocycles. The summed E-state index contributed by atoms with van der Waals surface area (Å²) in [6.45, 7) is 7.75. The van der Waals surface area contributed by atoms with Gasteiger partial charge in [0.05, 0.1) is 6.04 Å². The summed E-state index contributed by atoms with van der Waals surface area (Å²) in [7, 11) is 0. The Morgan fingerprint density at radius 2 is 1.71 bits per heavy atom. The first-order valence-corrected chi connectivity index (χ1v) is 12.4. The molecule has 2 aliphatic heterocycles. The van der Waals surface area contributed by atoms with Crippen LogP contribution in [0, 0.1) is 5.41 Å². The van der Waals surface area contributed by atoms with E-state index in [-0.39, 0.29) is 35.7 Å². The van der Waals surface area contributed by atoms with Crippen molar-refractivity contribution in [2.75, 3.05) is 13.2 Å². The Morgan fingerprint density at radius 1 is 1.00 bits per heavy atom. The van der Waals surface area contributed by atoms with Gasteiger partial charge in [0, 0.05) is 25.9 Å². The Bertz CT molecular complexity index is 892. The molecule has 2 saturated heterocycles. The molecule has 0 aliphatic carbocycles. The maximum Gasteiger partial charge on any atom is 0.303 e. The van der Waals surface area contributed by atoms with Crippen LogP contribution in [0.2, 0.25) is 0 Å². The molecule has 0 saturated carbocycles. The van der Waals surface area contributed by atoms with E-state index in [0.29, 0.717) is 25.8 Å². The van der Waals surface area contributed by atoms with Crippen LogP contribution >= 0.6 is 0 Å². The van der Waals surface area contributed by atoms with Gasteiger partial charge in [-0.2, -0.15) is 0 Å². The first-order valence-electron chi connectivity index (χ1n) is 12.4. The Hall–Kier alpha value is -2.70. The molecule has 0 spiro atoms. The van der Waals surface area contributed by atoms with Crippen LogP contribution in [-0.2, 0) is 30.3 Å². The molecule has 34 heavy (non-hydrogen) atoms. The second kappa shape index (κ2) is 11.2. The molecule has 3 rings (SSSR count). The van der Waals surface area contributed by atoms with E-state index in [1.54, 1.807) is 4.90 Å². The molecular weight excluding hydrogens is 432 g/mol. The summed E-state index contributed by atoms with van der Waals surface area (Å²) in [4.78, 5) is 54.3. The lowest BCUT2D eigenvalue weighted by Crippen LogP contribution is -2.54. The lowest BCUT2D eigenvalue weighted by atomic mass is 9.85. The van der Waals surface area contributed by atoms with E-state index in [0.717, 1.165) is 25.7 Å². The van der Waals surface area contributed by atoms with Crippen LogP contribution in [0.3, 0.4) is 0 Å². The van der Waals surface area contributed by atoms with Gasteiger partial charge in [-0.3, -0.25) is 19.2 Å². The van der Waals surface area contributed by atoms with Crippen molar-refractivity contribution in [3.8, 4) is 0 Å². The van der Waals surface area contributed by atoms with Crippen molar-refractivity contribution < 1.29 is 23.9 Å². The van der Waals surface area contributed by atoms with E-state index >= 15 is 0 Å². The fourth-order valence-electron chi connectivity index (χ4n) is 5.29. The van der Waals surface area contributed by atoms with Crippen LogP contribution in [0.25, 0.3) is 0 Å². The van der Waals surface area contributed by atoms with E-state index in [1.165, 1.54) is 12.5 Å². The minimum absolute atomic E-state index is 0.00805. The van der Waals surface area contributed by atoms with Crippen LogP contribution < -0.4 is 0 Å².